The molecule has 0 unspecified atom stereocenters. The molecule has 0 aliphatic carbocycles. The summed E-state index contributed by atoms with van der Waals surface area (Å²) in [6.45, 7) is 0.676. The van der Waals surface area contributed by atoms with Gasteiger partial charge in [0.15, 0.2) is 0 Å². The van der Waals surface area contributed by atoms with Crippen LogP contribution in [0.4, 0.5) is 4.79 Å². The van der Waals surface area contributed by atoms with Gasteiger partial charge in [0.05, 0.1) is 6.61 Å². The number of aliphatic hydroxyl groups excluding tert-OH is 1. The Labute approximate surface area is 64.4 Å². The van der Waals surface area contributed by atoms with E-state index in [-0.39, 0.29) is 18.7 Å². The Morgan fingerprint density at radius 2 is 2.45 bits per heavy atom. The van der Waals surface area contributed by atoms with Crippen LogP contribution in [0.2, 0.25) is 0 Å². The van der Waals surface area contributed by atoms with Gasteiger partial charge >= 0.3 is 6.09 Å². The largest absolute Gasteiger partial charge is 0.465 e. The van der Waals surface area contributed by atoms with Gasteiger partial charge in [-0.15, -0.1) is 0 Å². The Morgan fingerprint density at radius 1 is 1.73 bits per heavy atom. The fraction of sp³-hybridized carbons (Fsp3) is 0.833. The molecule has 1 rings (SSSR count). The first-order valence-electron chi connectivity index (χ1n) is 3.56. The normalized spacial score (nSPS) is 30.3. The first-order chi connectivity index (χ1) is 5.22. The zero-order chi connectivity index (χ0) is 8.27. The van der Waals surface area contributed by atoms with E-state index in [2.05, 4.69) is 10.6 Å². The van der Waals surface area contributed by atoms with Crippen LogP contribution in [0.25, 0.3) is 0 Å². The standard InChI is InChI=1S/C6H12N2O3/c9-3-5-1-4(2-7-5)8-6(10)11/h4-5,7-9H,1-3H2,(H,10,11)/t4-,5-/m0/s1. The third kappa shape index (κ3) is 2.36. The van der Waals surface area contributed by atoms with Crippen molar-refractivity contribution in [3.63, 3.8) is 0 Å². The van der Waals surface area contributed by atoms with Crippen molar-refractivity contribution in [3.05, 3.63) is 0 Å². The average molecular weight is 160 g/mol. The molecule has 2 atom stereocenters. The van der Waals surface area contributed by atoms with Crippen LogP contribution in [0.5, 0.6) is 0 Å². The summed E-state index contributed by atoms with van der Waals surface area (Å²) >= 11 is 0. The topological polar surface area (TPSA) is 81.6 Å². The molecule has 1 saturated heterocycles. The summed E-state index contributed by atoms with van der Waals surface area (Å²) in [6, 6.07) is -0.00324. The predicted molar refractivity (Wildman–Crippen MR) is 38.4 cm³/mol. The number of carbonyl (C=O) groups is 1. The van der Waals surface area contributed by atoms with Crippen molar-refractivity contribution in [2.75, 3.05) is 13.2 Å². The number of hydrogen-bond acceptors (Lipinski definition) is 3. The maximum atomic E-state index is 10.1. The molecule has 0 spiro atoms. The van der Waals surface area contributed by atoms with E-state index in [9.17, 15) is 4.79 Å². The minimum Gasteiger partial charge on any atom is -0.465 e. The van der Waals surface area contributed by atoms with Crippen molar-refractivity contribution in [3.8, 4) is 0 Å². The molecule has 0 saturated carbocycles. The summed E-state index contributed by atoms with van der Waals surface area (Å²) in [7, 11) is 0. The lowest BCUT2D eigenvalue weighted by molar-refractivity contribution is 0.190. The highest BCUT2D eigenvalue weighted by Crippen LogP contribution is 2.04. The Hall–Kier alpha value is -0.810. The summed E-state index contributed by atoms with van der Waals surface area (Å²) in [5, 5.41) is 22.3. The van der Waals surface area contributed by atoms with Crippen LogP contribution in [0.3, 0.4) is 0 Å². The first-order valence-corrected chi connectivity index (χ1v) is 3.56. The van der Waals surface area contributed by atoms with Gasteiger partial charge in [-0.2, -0.15) is 0 Å². The van der Waals surface area contributed by atoms with Crippen LogP contribution in [-0.2, 0) is 0 Å². The summed E-state index contributed by atoms with van der Waals surface area (Å²) in [4.78, 5) is 10.1. The van der Waals surface area contributed by atoms with E-state index in [0.29, 0.717) is 13.0 Å². The molecule has 64 valence electrons. The second-order valence-electron chi connectivity index (χ2n) is 2.67. The van der Waals surface area contributed by atoms with Gasteiger partial charge in [0.2, 0.25) is 0 Å². The van der Waals surface area contributed by atoms with Crippen molar-refractivity contribution in [2.45, 2.75) is 18.5 Å². The molecule has 1 amide bonds. The minimum absolute atomic E-state index is 0.0480. The van der Waals surface area contributed by atoms with Gasteiger partial charge < -0.3 is 20.8 Å². The van der Waals surface area contributed by atoms with Gasteiger partial charge in [-0.05, 0) is 6.42 Å². The van der Waals surface area contributed by atoms with E-state index in [1.54, 1.807) is 0 Å². The molecule has 1 aliphatic heterocycles. The van der Waals surface area contributed by atoms with E-state index in [1.165, 1.54) is 0 Å². The summed E-state index contributed by atoms with van der Waals surface area (Å²) in [6.07, 6.45) is -0.335. The third-order valence-electron chi connectivity index (χ3n) is 1.77. The van der Waals surface area contributed by atoms with Crippen molar-refractivity contribution in [1.29, 1.82) is 0 Å². The van der Waals surface area contributed by atoms with Gasteiger partial charge in [0.1, 0.15) is 0 Å². The molecule has 0 aromatic rings. The van der Waals surface area contributed by atoms with Gasteiger partial charge in [-0.3, -0.25) is 0 Å². The Morgan fingerprint density at radius 3 is 2.91 bits per heavy atom. The molecule has 0 aromatic heterocycles. The fourth-order valence-corrected chi connectivity index (χ4v) is 1.24. The highest BCUT2D eigenvalue weighted by atomic mass is 16.4. The predicted octanol–water partition coefficient (Wildman–Crippen LogP) is -1.02. The van der Waals surface area contributed by atoms with E-state index < -0.39 is 6.09 Å². The molecule has 1 fully saturated rings. The van der Waals surface area contributed by atoms with E-state index in [4.69, 9.17) is 10.2 Å². The van der Waals surface area contributed by atoms with E-state index in [1.807, 2.05) is 0 Å². The molecular weight excluding hydrogens is 148 g/mol. The van der Waals surface area contributed by atoms with Crippen LogP contribution >= 0.6 is 0 Å². The van der Waals surface area contributed by atoms with Gasteiger partial charge in [-0.25, -0.2) is 4.79 Å². The van der Waals surface area contributed by atoms with Crippen molar-refractivity contribution in [1.82, 2.24) is 10.6 Å². The van der Waals surface area contributed by atoms with Crippen LogP contribution in [0, 0.1) is 0 Å². The van der Waals surface area contributed by atoms with E-state index in [0.717, 1.165) is 0 Å². The highest BCUT2D eigenvalue weighted by Gasteiger charge is 2.23. The maximum absolute atomic E-state index is 10.1. The number of hydrogen-bond donors (Lipinski definition) is 4. The van der Waals surface area contributed by atoms with Crippen LogP contribution in [0.15, 0.2) is 0 Å². The Kier molecular flexibility index (Phi) is 2.67. The van der Waals surface area contributed by atoms with Gasteiger partial charge in [0, 0.05) is 18.6 Å². The quantitative estimate of drug-likeness (QED) is 0.416. The zero-order valence-corrected chi connectivity index (χ0v) is 6.08. The number of nitrogens with one attached hydrogen (secondary N) is 2. The van der Waals surface area contributed by atoms with Crippen LogP contribution in [0.1, 0.15) is 6.42 Å². The maximum Gasteiger partial charge on any atom is 0.404 e. The lowest BCUT2D eigenvalue weighted by Gasteiger charge is -2.07. The fourth-order valence-electron chi connectivity index (χ4n) is 1.24. The SMILES string of the molecule is O=C(O)N[C@@H]1CN[C@H](CO)C1. The van der Waals surface area contributed by atoms with E-state index >= 15 is 0 Å². The minimum atomic E-state index is -1.00. The lowest BCUT2D eigenvalue weighted by Crippen LogP contribution is -2.34. The third-order valence-corrected chi connectivity index (χ3v) is 1.77. The van der Waals surface area contributed by atoms with Crippen molar-refractivity contribution >= 4 is 6.09 Å². The Balaban J connectivity index is 2.24. The molecule has 5 heteroatoms. The first kappa shape index (κ1) is 8.29. The second-order valence-corrected chi connectivity index (χ2v) is 2.67. The summed E-state index contributed by atoms with van der Waals surface area (Å²) < 4.78 is 0. The molecule has 11 heavy (non-hydrogen) atoms. The molecule has 0 bridgehead atoms. The molecule has 1 heterocycles. The number of rotatable bonds is 2. The van der Waals surface area contributed by atoms with Gasteiger partial charge in [0.25, 0.3) is 0 Å². The van der Waals surface area contributed by atoms with Gasteiger partial charge in [-0.1, -0.05) is 0 Å². The van der Waals surface area contributed by atoms with Crippen molar-refractivity contribution < 1.29 is 15.0 Å². The second kappa shape index (κ2) is 3.54. The average Bonchev–Trinajstić information content (AvgIpc) is 2.34. The lowest BCUT2D eigenvalue weighted by atomic mass is 10.2. The molecule has 0 aromatic carbocycles. The zero-order valence-electron chi connectivity index (χ0n) is 6.08. The van der Waals surface area contributed by atoms with Crippen LogP contribution in [-0.4, -0.2) is 41.5 Å². The molecular formula is C6H12N2O3. The smallest absolute Gasteiger partial charge is 0.404 e. The molecule has 5 nitrogen and oxygen atoms in total. The van der Waals surface area contributed by atoms with Crippen LogP contribution < -0.4 is 10.6 Å². The molecule has 0 radical (unpaired) electrons. The highest BCUT2D eigenvalue weighted by molar-refractivity contribution is 5.64. The summed E-state index contributed by atoms with van der Waals surface area (Å²) in [5.74, 6) is 0. The number of carboxylic acid groups (broad SMARTS) is 1. The van der Waals surface area contributed by atoms with Crippen molar-refractivity contribution in [2.24, 2.45) is 0 Å². The summed E-state index contributed by atoms with van der Waals surface area (Å²) in [5.41, 5.74) is 0. The monoisotopic (exact) mass is 160 g/mol. The Bertz CT molecular complexity index is 151. The number of amides is 1. The molecule has 1 aliphatic rings. The molecule has 4 N–H and O–H groups in total. The number of aliphatic hydroxyl groups is 1.